The third-order valence-corrected chi connectivity index (χ3v) is 3.92. The summed E-state index contributed by atoms with van der Waals surface area (Å²) < 4.78 is 10.4. The largest absolute Gasteiger partial charge is 0.482 e. The molecule has 132 valence electrons. The molecule has 0 bridgehead atoms. The molecular formula is C18H17Cl2NO4. The molecule has 0 radical (unpaired) electrons. The predicted molar refractivity (Wildman–Crippen MR) is 97.6 cm³/mol. The lowest BCUT2D eigenvalue weighted by molar-refractivity contribution is -0.118. The van der Waals surface area contributed by atoms with Gasteiger partial charge in [-0.15, -0.1) is 0 Å². The molecular weight excluding hydrogens is 365 g/mol. The number of amides is 1. The lowest BCUT2D eigenvalue weighted by Crippen LogP contribution is -2.20. The minimum Gasteiger partial charge on any atom is -0.482 e. The van der Waals surface area contributed by atoms with Gasteiger partial charge in [-0.1, -0.05) is 36.2 Å². The quantitative estimate of drug-likeness (QED) is 0.712. The lowest BCUT2D eigenvalue weighted by Gasteiger charge is -2.10. The molecule has 0 aromatic heterocycles. The number of ether oxygens (including phenoxy) is 2. The second-order valence-electron chi connectivity index (χ2n) is 5.10. The van der Waals surface area contributed by atoms with Gasteiger partial charge in [0.1, 0.15) is 10.8 Å². The Hall–Kier alpha value is -2.24. The highest BCUT2D eigenvalue weighted by atomic mass is 35.5. The normalized spacial score (nSPS) is 10.2. The van der Waals surface area contributed by atoms with E-state index in [-0.39, 0.29) is 17.5 Å². The van der Waals surface area contributed by atoms with Crippen LogP contribution in [-0.2, 0) is 9.53 Å². The number of nitrogens with one attached hydrogen (secondary N) is 1. The van der Waals surface area contributed by atoms with E-state index in [0.29, 0.717) is 28.6 Å². The van der Waals surface area contributed by atoms with Gasteiger partial charge < -0.3 is 14.8 Å². The van der Waals surface area contributed by atoms with Crippen LogP contribution in [0, 0.1) is 0 Å². The average Bonchev–Trinajstić information content (AvgIpc) is 2.61. The zero-order valence-electron chi connectivity index (χ0n) is 13.6. The zero-order valence-corrected chi connectivity index (χ0v) is 15.1. The summed E-state index contributed by atoms with van der Waals surface area (Å²) in [5, 5.41) is 3.27. The Morgan fingerprint density at radius 1 is 1.08 bits per heavy atom. The van der Waals surface area contributed by atoms with Crippen molar-refractivity contribution in [3.63, 3.8) is 0 Å². The topological polar surface area (TPSA) is 64.6 Å². The molecule has 25 heavy (non-hydrogen) atoms. The number of anilines is 1. The molecule has 0 aliphatic carbocycles. The highest BCUT2D eigenvalue weighted by Gasteiger charge is 2.10. The second kappa shape index (κ2) is 9.30. The number of rotatable bonds is 7. The van der Waals surface area contributed by atoms with Crippen molar-refractivity contribution in [3.8, 4) is 5.75 Å². The third-order valence-electron chi connectivity index (χ3n) is 3.12. The maximum atomic E-state index is 11.9. The van der Waals surface area contributed by atoms with Crippen LogP contribution in [0.2, 0.25) is 10.0 Å². The summed E-state index contributed by atoms with van der Waals surface area (Å²) in [5.41, 5.74) is 0.964. The van der Waals surface area contributed by atoms with Gasteiger partial charge in [-0.25, -0.2) is 4.79 Å². The summed E-state index contributed by atoms with van der Waals surface area (Å²) in [6.07, 6.45) is 0.760. The molecule has 0 spiro atoms. The second-order valence-corrected chi connectivity index (χ2v) is 5.89. The highest BCUT2D eigenvalue weighted by molar-refractivity contribution is 6.42. The number of benzene rings is 2. The van der Waals surface area contributed by atoms with Crippen LogP contribution >= 0.6 is 23.2 Å². The number of halogens is 2. The van der Waals surface area contributed by atoms with Crippen molar-refractivity contribution in [2.24, 2.45) is 0 Å². The Morgan fingerprint density at radius 2 is 1.80 bits per heavy atom. The van der Waals surface area contributed by atoms with Crippen LogP contribution < -0.4 is 10.1 Å². The van der Waals surface area contributed by atoms with Gasteiger partial charge in [-0.3, -0.25) is 4.79 Å². The number of carbonyl (C=O) groups excluding carboxylic acids is 2. The molecule has 0 fully saturated rings. The van der Waals surface area contributed by atoms with Crippen molar-refractivity contribution in [2.75, 3.05) is 18.5 Å². The summed E-state index contributed by atoms with van der Waals surface area (Å²) in [7, 11) is 0. The van der Waals surface area contributed by atoms with E-state index in [4.69, 9.17) is 32.7 Å². The molecule has 0 saturated carbocycles. The van der Waals surface area contributed by atoms with Crippen LogP contribution in [0.1, 0.15) is 23.7 Å². The van der Waals surface area contributed by atoms with Crippen molar-refractivity contribution in [3.05, 3.63) is 58.1 Å². The monoisotopic (exact) mass is 381 g/mol. The van der Waals surface area contributed by atoms with Crippen molar-refractivity contribution in [1.29, 1.82) is 0 Å². The molecule has 0 aliphatic heterocycles. The zero-order chi connectivity index (χ0) is 18.2. The first kappa shape index (κ1) is 19.1. The van der Waals surface area contributed by atoms with Gasteiger partial charge in [-0.2, -0.15) is 0 Å². The molecule has 0 heterocycles. The molecule has 5 nitrogen and oxygen atoms in total. The minimum atomic E-state index is -0.390. The van der Waals surface area contributed by atoms with Crippen molar-refractivity contribution >= 4 is 40.8 Å². The summed E-state index contributed by atoms with van der Waals surface area (Å²) >= 11 is 11.9. The smallest absolute Gasteiger partial charge is 0.338 e. The Bertz CT molecular complexity index is 747. The number of esters is 1. The van der Waals surface area contributed by atoms with Crippen LogP contribution in [0.3, 0.4) is 0 Å². The van der Waals surface area contributed by atoms with E-state index in [1.165, 1.54) is 0 Å². The molecule has 0 atom stereocenters. The fourth-order valence-corrected chi connectivity index (χ4v) is 2.25. The van der Waals surface area contributed by atoms with Gasteiger partial charge in [0.15, 0.2) is 6.61 Å². The van der Waals surface area contributed by atoms with Gasteiger partial charge >= 0.3 is 5.97 Å². The van der Waals surface area contributed by atoms with Crippen LogP contribution in [0.15, 0.2) is 42.5 Å². The molecule has 0 unspecified atom stereocenters. The Morgan fingerprint density at radius 3 is 2.48 bits per heavy atom. The van der Waals surface area contributed by atoms with E-state index in [1.54, 1.807) is 42.5 Å². The van der Waals surface area contributed by atoms with E-state index in [2.05, 4.69) is 5.32 Å². The SMILES string of the molecule is CCCOC(=O)c1ccc(NC(=O)COc2cccc(Cl)c2Cl)cc1. The van der Waals surface area contributed by atoms with E-state index in [1.807, 2.05) is 6.92 Å². The minimum absolute atomic E-state index is 0.222. The molecule has 0 saturated heterocycles. The van der Waals surface area contributed by atoms with E-state index in [0.717, 1.165) is 6.42 Å². The number of carbonyl (C=O) groups is 2. The summed E-state index contributed by atoms with van der Waals surface area (Å²) in [5.74, 6) is -0.422. The average molecular weight is 382 g/mol. The molecule has 1 N–H and O–H groups in total. The lowest BCUT2D eigenvalue weighted by atomic mass is 10.2. The molecule has 2 rings (SSSR count). The maximum Gasteiger partial charge on any atom is 0.338 e. The molecule has 1 amide bonds. The summed E-state index contributed by atoms with van der Waals surface area (Å²) in [6, 6.07) is 11.3. The van der Waals surface area contributed by atoms with Gasteiger partial charge in [0.2, 0.25) is 0 Å². The van der Waals surface area contributed by atoms with Gasteiger partial charge in [0, 0.05) is 5.69 Å². The Balaban J connectivity index is 1.88. The van der Waals surface area contributed by atoms with E-state index < -0.39 is 5.97 Å². The molecule has 2 aromatic carbocycles. The van der Waals surface area contributed by atoms with Crippen LogP contribution in [0.25, 0.3) is 0 Å². The van der Waals surface area contributed by atoms with Crippen molar-refractivity contribution in [1.82, 2.24) is 0 Å². The van der Waals surface area contributed by atoms with Gasteiger partial charge in [0.25, 0.3) is 5.91 Å². The first-order valence-corrected chi connectivity index (χ1v) is 8.40. The Labute approximate surface area is 155 Å². The maximum absolute atomic E-state index is 11.9. The number of hydrogen-bond acceptors (Lipinski definition) is 4. The predicted octanol–water partition coefficient (Wildman–Crippen LogP) is 4.58. The molecule has 7 heteroatoms. The van der Waals surface area contributed by atoms with Crippen molar-refractivity contribution in [2.45, 2.75) is 13.3 Å². The first-order chi connectivity index (χ1) is 12.0. The van der Waals surface area contributed by atoms with E-state index >= 15 is 0 Å². The molecule has 2 aromatic rings. The first-order valence-electron chi connectivity index (χ1n) is 7.65. The standard InChI is InChI=1S/C18H17Cl2NO4/c1-2-10-24-18(23)12-6-8-13(9-7-12)21-16(22)11-25-15-5-3-4-14(19)17(15)20/h3-9H,2,10-11H2,1H3,(H,21,22). The summed E-state index contributed by atoms with van der Waals surface area (Å²) in [6.45, 7) is 2.08. The van der Waals surface area contributed by atoms with Crippen molar-refractivity contribution < 1.29 is 19.1 Å². The van der Waals surface area contributed by atoms with Crippen LogP contribution in [0.5, 0.6) is 5.75 Å². The Kier molecular flexibility index (Phi) is 7.10. The van der Waals surface area contributed by atoms with Gasteiger partial charge in [-0.05, 0) is 42.8 Å². The fourth-order valence-electron chi connectivity index (χ4n) is 1.90. The molecule has 0 aliphatic rings. The van der Waals surface area contributed by atoms with E-state index in [9.17, 15) is 9.59 Å². The summed E-state index contributed by atoms with van der Waals surface area (Å²) in [4.78, 5) is 23.6. The highest BCUT2D eigenvalue weighted by Crippen LogP contribution is 2.31. The van der Waals surface area contributed by atoms with Crippen LogP contribution in [-0.4, -0.2) is 25.1 Å². The fraction of sp³-hybridized carbons (Fsp3) is 0.222. The third kappa shape index (κ3) is 5.66. The van der Waals surface area contributed by atoms with Crippen LogP contribution in [0.4, 0.5) is 5.69 Å². The van der Waals surface area contributed by atoms with Gasteiger partial charge in [0.05, 0.1) is 17.2 Å². The number of hydrogen-bond donors (Lipinski definition) is 1.